The van der Waals surface area contributed by atoms with Gasteiger partial charge >= 0.3 is 0 Å². The van der Waals surface area contributed by atoms with Crippen molar-refractivity contribution in [3.8, 4) is 0 Å². The van der Waals surface area contributed by atoms with Crippen LogP contribution in [0.2, 0.25) is 0 Å². The molecule has 0 aromatic rings. The van der Waals surface area contributed by atoms with Gasteiger partial charge in [0.05, 0.1) is 0 Å². The lowest BCUT2D eigenvalue weighted by Crippen LogP contribution is -2.24. The fourth-order valence-electron chi connectivity index (χ4n) is 0.993. The summed E-state index contributed by atoms with van der Waals surface area (Å²) in [5.74, 6) is 1.21. The summed E-state index contributed by atoms with van der Waals surface area (Å²) < 4.78 is 0. The van der Waals surface area contributed by atoms with Gasteiger partial charge in [-0.15, -0.1) is 0 Å². The summed E-state index contributed by atoms with van der Waals surface area (Å²) in [5, 5.41) is 2.80. The molecule has 0 radical (unpaired) electrons. The summed E-state index contributed by atoms with van der Waals surface area (Å²) in [6.07, 6.45) is 1.09. The van der Waals surface area contributed by atoms with E-state index in [1.807, 2.05) is 6.92 Å². The first-order chi connectivity index (χ1) is 4.25. The largest absolute Gasteiger partial charge is 0.356 e. The van der Waals surface area contributed by atoms with Crippen molar-refractivity contribution in [3.63, 3.8) is 0 Å². The smallest absolute Gasteiger partial charge is 0.223 e. The van der Waals surface area contributed by atoms with E-state index in [-0.39, 0.29) is 7.33 Å². The van der Waals surface area contributed by atoms with Crippen LogP contribution in [0.1, 0.15) is 21.7 Å². The van der Waals surface area contributed by atoms with Crippen LogP contribution in [0.25, 0.3) is 0 Å². The van der Waals surface area contributed by atoms with Crippen LogP contribution < -0.4 is 5.32 Å². The number of amides is 1. The zero-order valence-corrected chi connectivity index (χ0v) is 5.98. The molecule has 2 unspecified atom stereocenters. The van der Waals surface area contributed by atoms with Crippen LogP contribution in [0, 0.1) is 11.8 Å². The molecule has 0 spiro atoms. The van der Waals surface area contributed by atoms with Gasteiger partial charge < -0.3 is 5.32 Å². The number of nitrogens with one attached hydrogen (secondary N) is 1. The number of hydrogen-bond donors (Lipinski definition) is 1. The molecular weight excluding hydrogens is 114 g/mol. The Morgan fingerprint density at radius 2 is 2.44 bits per heavy atom. The zero-order chi connectivity index (χ0) is 6.85. The molecule has 2 nitrogen and oxygen atoms in total. The van der Waals surface area contributed by atoms with E-state index in [2.05, 4.69) is 12.2 Å². The second kappa shape index (κ2) is 2.38. The highest BCUT2D eigenvalue weighted by molar-refractivity contribution is 5.81. The van der Waals surface area contributed by atoms with Crippen molar-refractivity contribution in [2.24, 2.45) is 11.8 Å². The summed E-state index contributed by atoms with van der Waals surface area (Å²) in [6.45, 7) is 4.83. The number of carbonyl (C=O) groups is 1. The van der Waals surface area contributed by atoms with E-state index in [0.29, 0.717) is 11.8 Å². The Hall–Kier alpha value is -0.530. The Bertz CT molecular complexity index is 127. The monoisotopic (exact) mass is 129 g/mol. The first-order valence-corrected chi connectivity index (χ1v) is 3.53. The third kappa shape index (κ3) is 1.44. The average molecular weight is 129 g/mol. The molecule has 1 rings (SSSR count). The highest BCUT2D eigenvalue weighted by atomic mass is 16.2. The summed E-state index contributed by atoms with van der Waals surface area (Å²) in [5.41, 5.74) is 0. The lowest BCUT2D eigenvalue weighted by atomic mass is 10.3. The molecule has 0 saturated heterocycles. The molecule has 0 heterocycles. The molecular formula is C7H15NO. The first kappa shape index (κ1) is 6.59. The molecule has 1 saturated carbocycles. The molecule has 0 aliphatic heterocycles. The van der Waals surface area contributed by atoms with Crippen LogP contribution in [0.15, 0.2) is 0 Å². The first-order valence-electron chi connectivity index (χ1n) is 3.53. The Labute approximate surface area is 57.1 Å². The molecule has 1 amide bonds. The molecule has 1 aliphatic carbocycles. The lowest BCUT2D eigenvalue weighted by Gasteiger charge is -1.97. The fraction of sp³-hybridized carbons (Fsp3) is 0.857. The van der Waals surface area contributed by atoms with E-state index in [1.54, 1.807) is 0 Å². The zero-order valence-electron chi connectivity index (χ0n) is 5.98. The van der Waals surface area contributed by atoms with Crippen molar-refractivity contribution in [2.75, 3.05) is 6.54 Å². The molecule has 2 heteroatoms. The van der Waals surface area contributed by atoms with Crippen LogP contribution in [0.4, 0.5) is 0 Å². The molecule has 1 fully saturated rings. The highest BCUT2D eigenvalue weighted by Gasteiger charge is 2.38. The standard InChI is InChI=1S/C7H13NO.H2/c1-3-8-7(9)6-4-5(6)2;/h5-6H,3-4H2,1-2H3,(H,8,9);1H. The molecule has 9 heavy (non-hydrogen) atoms. The van der Waals surface area contributed by atoms with Crippen LogP contribution in [0.3, 0.4) is 0 Å². The Kier molecular flexibility index (Phi) is 1.74. The van der Waals surface area contributed by atoms with Gasteiger partial charge in [0.25, 0.3) is 0 Å². The number of hydrogen-bond acceptors (Lipinski definition) is 1. The van der Waals surface area contributed by atoms with E-state index < -0.39 is 0 Å². The molecule has 0 aromatic carbocycles. The van der Waals surface area contributed by atoms with E-state index in [9.17, 15) is 4.79 Å². The number of rotatable bonds is 2. The fourth-order valence-corrected chi connectivity index (χ4v) is 0.993. The van der Waals surface area contributed by atoms with Gasteiger partial charge in [-0.2, -0.15) is 0 Å². The van der Waals surface area contributed by atoms with Crippen molar-refractivity contribution in [1.29, 1.82) is 0 Å². The van der Waals surface area contributed by atoms with Crippen LogP contribution in [-0.4, -0.2) is 12.5 Å². The van der Waals surface area contributed by atoms with Gasteiger partial charge in [-0.05, 0) is 19.3 Å². The molecule has 1 N–H and O–H groups in total. The maximum Gasteiger partial charge on any atom is 0.223 e. The average Bonchev–Trinajstić information content (AvgIpc) is 2.47. The van der Waals surface area contributed by atoms with Gasteiger partial charge in [-0.1, -0.05) is 6.92 Å². The summed E-state index contributed by atoms with van der Waals surface area (Å²) >= 11 is 0. The molecule has 0 bridgehead atoms. The van der Waals surface area contributed by atoms with Crippen molar-refractivity contribution >= 4 is 5.91 Å². The van der Waals surface area contributed by atoms with Crippen LogP contribution >= 0.6 is 0 Å². The Morgan fingerprint density at radius 1 is 1.89 bits per heavy atom. The highest BCUT2D eigenvalue weighted by Crippen LogP contribution is 2.37. The van der Waals surface area contributed by atoms with E-state index in [1.165, 1.54) is 0 Å². The van der Waals surface area contributed by atoms with Crippen molar-refractivity contribution < 1.29 is 6.22 Å². The minimum atomic E-state index is 0. The summed E-state index contributed by atoms with van der Waals surface area (Å²) in [7, 11) is 0. The molecule has 0 aromatic heterocycles. The Balaban J connectivity index is 0.000000810. The maximum atomic E-state index is 10.9. The quantitative estimate of drug-likeness (QED) is 0.592. The van der Waals surface area contributed by atoms with Gasteiger partial charge in [0.2, 0.25) is 5.91 Å². The molecule has 54 valence electrons. The minimum Gasteiger partial charge on any atom is -0.356 e. The predicted molar refractivity (Wildman–Crippen MR) is 38.1 cm³/mol. The second-order valence-corrected chi connectivity index (χ2v) is 2.71. The van der Waals surface area contributed by atoms with Gasteiger partial charge in [-0.25, -0.2) is 0 Å². The molecule has 2 atom stereocenters. The van der Waals surface area contributed by atoms with Gasteiger partial charge in [0.1, 0.15) is 0 Å². The van der Waals surface area contributed by atoms with Crippen LogP contribution in [0.5, 0.6) is 0 Å². The lowest BCUT2D eigenvalue weighted by molar-refractivity contribution is -0.122. The van der Waals surface area contributed by atoms with E-state index >= 15 is 0 Å². The third-order valence-corrected chi connectivity index (χ3v) is 1.80. The predicted octanol–water partition coefficient (Wildman–Crippen LogP) is 1.02. The van der Waals surface area contributed by atoms with Gasteiger partial charge in [0.15, 0.2) is 0 Å². The third-order valence-electron chi connectivity index (χ3n) is 1.80. The van der Waals surface area contributed by atoms with E-state index in [4.69, 9.17) is 0 Å². The van der Waals surface area contributed by atoms with Crippen molar-refractivity contribution in [2.45, 2.75) is 20.3 Å². The second-order valence-electron chi connectivity index (χ2n) is 2.71. The minimum absolute atomic E-state index is 0. The van der Waals surface area contributed by atoms with Crippen molar-refractivity contribution in [1.82, 2.24) is 5.32 Å². The van der Waals surface area contributed by atoms with Gasteiger partial charge in [0, 0.05) is 13.9 Å². The maximum absolute atomic E-state index is 10.9. The summed E-state index contributed by atoms with van der Waals surface area (Å²) in [6, 6.07) is 0. The summed E-state index contributed by atoms with van der Waals surface area (Å²) in [4.78, 5) is 10.9. The van der Waals surface area contributed by atoms with E-state index in [0.717, 1.165) is 13.0 Å². The topological polar surface area (TPSA) is 29.1 Å². The number of carbonyl (C=O) groups excluding carboxylic acids is 1. The molecule has 1 aliphatic rings. The van der Waals surface area contributed by atoms with Crippen molar-refractivity contribution in [3.05, 3.63) is 0 Å². The normalized spacial score (nSPS) is 31.8. The Morgan fingerprint density at radius 3 is 2.78 bits per heavy atom. The van der Waals surface area contributed by atoms with Gasteiger partial charge in [-0.3, -0.25) is 4.79 Å². The van der Waals surface area contributed by atoms with Crippen LogP contribution in [-0.2, 0) is 4.79 Å². The SMILES string of the molecule is CCNC(=O)C1CC1C.[HH].